The molecular weight excluding hydrogens is 420 g/mol. The second-order valence-electron chi connectivity index (χ2n) is 8.36. The van der Waals surface area contributed by atoms with Gasteiger partial charge in [-0.15, -0.1) is 0 Å². The topological polar surface area (TPSA) is 113 Å². The summed E-state index contributed by atoms with van der Waals surface area (Å²) in [5.41, 5.74) is 2.28. The van der Waals surface area contributed by atoms with Gasteiger partial charge in [-0.25, -0.2) is 14.2 Å². The average molecular weight is 447 g/mol. The molecular formula is C23H26N8O2. The molecule has 10 nitrogen and oxygen atoms in total. The molecule has 1 saturated carbocycles. The molecule has 1 aliphatic rings. The minimum atomic E-state index is 0.00374. The van der Waals surface area contributed by atoms with Crippen molar-refractivity contribution in [3.8, 4) is 12.0 Å². The van der Waals surface area contributed by atoms with E-state index in [4.69, 9.17) is 4.74 Å². The Morgan fingerprint density at radius 2 is 1.97 bits per heavy atom. The van der Waals surface area contributed by atoms with Crippen molar-refractivity contribution in [2.45, 2.75) is 45.1 Å². The lowest BCUT2D eigenvalue weighted by molar-refractivity contribution is -0.116. The van der Waals surface area contributed by atoms with Gasteiger partial charge in [-0.05, 0) is 47.0 Å². The van der Waals surface area contributed by atoms with E-state index in [1.807, 2.05) is 36.4 Å². The molecule has 0 saturated heterocycles. The van der Waals surface area contributed by atoms with Gasteiger partial charge < -0.3 is 10.1 Å². The maximum atomic E-state index is 12.4. The predicted molar refractivity (Wildman–Crippen MR) is 122 cm³/mol. The van der Waals surface area contributed by atoms with Gasteiger partial charge in [0, 0.05) is 13.5 Å². The summed E-state index contributed by atoms with van der Waals surface area (Å²) in [5, 5.41) is 14.7. The average Bonchev–Trinajstić information content (AvgIpc) is 3.56. The van der Waals surface area contributed by atoms with Gasteiger partial charge >= 0.3 is 6.01 Å². The molecule has 10 heteroatoms. The number of pyridine rings is 1. The van der Waals surface area contributed by atoms with Crippen molar-refractivity contribution in [1.29, 1.82) is 0 Å². The zero-order chi connectivity index (χ0) is 22.6. The zero-order valence-corrected chi connectivity index (χ0v) is 18.5. The van der Waals surface area contributed by atoms with E-state index in [9.17, 15) is 4.79 Å². The predicted octanol–water partition coefficient (Wildman–Crippen LogP) is 3.43. The first kappa shape index (κ1) is 21.0. The number of fused-ring (bicyclic) bond motifs is 1. The molecule has 1 N–H and O–H groups in total. The Morgan fingerprint density at radius 1 is 1.12 bits per heavy atom. The number of nitrogens with one attached hydrogen (secondary N) is 1. The number of tetrazole rings is 1. The molecule has 1 fully saturated rings. The monoisotopic (exact) mass is 446 g/mol. The molecule has 0 bridgehead atoms. The number of anilines is 1. The Labute approximate surface area is 191 Å². The molecule has 1 aliphatic carbocycles. The number of amides is 1. The number of carbonyl (C=O) groups excluding carboxylic acids is 1. The Balaban J connectivity index is 1.28. The van der Waals surface area contributed by atoms with Crippen LogP contribution in [-0.2, 0) is 18.4 Å². The fraction of sp³-hybridized carbons (Fsp3) is 0.391. The van der Waals surface area contributed by atoms with Crippen molar-refractivity contribution >= 4 is 22.8 Å². The summed E-state index contributed by atoms with van der Waals surface area (Å²) >= 11 is 0. The van der Waals surface area contributed by atoms with Crippen LogP contribution in [-0.4, -0.2) is 40.6 Å². The first-order chi connectivity index (χ1) is 16.2. The second kappa shape index (κ2) is 9.35. The van der Waals surface area contributed by atoms with Gasteiger partial charge in [0.05, 0.1) is 16.7 Å². The van der Waals surface area contributed by atoms with Crippen molar-refractivity contribution < 1.29 is 9.53 Å². The van der Waals surface area contributed by atoms with Gasteiger partial charge in [-0.2, -0.15) is 4.98 Å². The van der Waals surface area contributed by atoms with Gasteiger partial charge in [-0.1, -0.05) is 49.0 Å². The summed E-state index contributed by atoms with van der Waals surface area (Å²) in [6, 6.07) is 13.5. The van der Waals surface area contributed by atoms with Crippen LogP contribution in [0.1, 0.15) is 44.2 Å². The normalized spacial score (nSPS) is 14.1. The van der Waals surface area contributed by atoms with Crippen molar-refractivity contribution in [2.75, 3.05) is 5.32 Å². The number of aryl methyl sites for hydroxylation is 1. The van der Waals surface area contributed by atoms with E-state index in [-0.39, 0.29) is 12.5 Å². The smallest absolute Gasteiger partial charge is 0.305 e. The van der Waals surface area contributed by atoms with Crippen LogP contribution in [0.2, 0.25) is 0 Å². The van der Waals surface area contributed by atoms with E-state index in [2.05, 4.69) is 30.8 Å². The van der Waals surface area contributed by atoms with Crippen LogP contribution in [0.25, 0.3) is 17.0 Å². The van der Waals surface area contributed by atoms with Crippen LogP contribution < -0.4 is 10.1 Å². The van der Waals surface area contributed by atoms with Crippen molar-refractivity contribution in [1.82, 2.24) is 34.7 Å². The molecule has 3 heterocycles. The molecule has 0 spiro atoms. The Bertz CT molecular complexity index is 1260. The van der Waals surface area contributed by atoms with Gasteiger partial charge in [0.1, 0.15) is 12.4 Å². The van der Waals surface area contributed by atoms with Crippen LogP contribution in [0, 0.1) is 5.92 Å². The highest BCUT2D eigenvalue weighted by Crippen LogP contribution is 2.28. The number of imidazole rings is 1. The molecule has 3 aromatic heterocycles. The molecule has 0 atom stereocenters. The van der Waals surface area contributed by atoms with E-state index < -0.39 is 0 Å². The highest BCUT2D eigenvalue weighted by molar-refractivity contribution is 5.89. The van der Waals surface area contributed by atoms with E-state index >= 15 is 0 Å². The molecule has 33 heavy (non-hydrogen) atoms. The number of hydrogen-bond acceptors (Lipinski definition) is 7. The van der Waals surface area contributed by atoms with Crippen LogP contribution >= 0.6 is 0 Å². The van der Waals surface area contributed by atoms with Gasteiger partial charge in [-0.3, -0.25) is 4.79 Å². The lowest BCUT2D eigenvalue weighted by atomic mass is 10.0. The fourth-order valence-electron chi connectivity index (χ4n) is 4.32. The number of carbonyl (C=O) groups is 1. The van der Waals surface area contributed by atoms with Gasteiger partial charge in [0.25, 0.3) is 5.95 Å². The molecule has 0 unspecified atom stereocenters. The number of para-hydroxylation sites is 2. The maximum absolute atomic E-state index is 12.4. The number of aromatic nitrogens is 7. The van der Waals surface area contributed by atoms with E-state index in [0.717, 1.165) is 17.5 Å². The van der Waals surface area contributed by atoms with Crippen LogP contribution in [0.15, 0.2) is 42.5 Å². The third-order valence-corrected chi connectivity index (χ3v) is 6.01. The SMILES string of the molecule is Cn1nnnc1-n1c(OCc2cccc(NC(=O)CCC3CCCC3)n2)nc2ccccc21. The first-order valence-corrected chi connectivity index (χ1v) is 11.3. The number of nitrogens with zero attached hydrogens (tertiary/aromatic N) is 7. The molecule has 0 radical (unpaired) electrons. The second-order valence-corrected chi connectivity index (χ2v) is 8.36. The van der Waals surface area contributed by atoms with E-state index in [1.165, 1.54) is 25.7 Å². The summed E-state index contributed by atoms with van der Waals surface area (Å²) in [6.45, 7) is 0.181. The first-order valence-electron chi connectivity index (χ1n) is 11.3. The quantitative estimate of drug-likeness (QED) is 0.441. The molecule has 4 aromatic rings. The standard InChI is InChI=1S/C23H26N8O2/c1-30-22(27-28-29-30)31-19-11-5-4-10-18(19)25-23(31)33-15-17-9-6-12-20(24-17)26-21(32)14-13-16-7-2-3-8-16/h4-6,9-12,16H,2-3,7-8,13-15H2,1H3,(H,24,26,32). The van der Waals surface area contributed by atoms with Crippen molar-refractivity contribution in [3.63, 3.8) is 0 Å². The molecule has 0 aliphatic heterocycles. The Morgan fingerprint density at radius 3 is 2.79 bits per heavy atom. The number of ether oxygens (including phenoxy) is 1. The summed E-state index contributed by atoms with van der Waals surface area (Å²) < 4.78 is 9.35. The lowest BCUT2D eigenvalue weighted by Crippen LogP contribution is -2.14. The zero-order valence-electron chi connectivity index (χ0n) is 18.5. The van der Waals surface area contributed by atoms with Crippen molar-refractivity contribution in [3.05, 3.63) is 48.2 Å². The van der Waals surface area contributed by atoms with E-state index in [0.29, 0.717) is 35.8 Å². The summed E-state index contributed by atoms with van der Waals surface area (Å²) in [4.78, 5) is 21.5. The maximum Gasteiger partial charge on any atom is 0.305 e. The highest BCUT2D eigenvalue weighted by atomic mass is 16.5. The van der Waals surface area contributed by atoms with Crippen LogP contribution in [0.3, 0.4) is 0 Å². The van der Waals surface area contributed by atoms with Gasteiger partial charge in [0.15, 0.2) is 0 Å². The number of benzene rings is 1. The third-order valence-electron chi connectivity index (χ3n) is 6.01. The van der Waals surface area contributed by atoms with Crippen LogP contribution in [0.5, 0.6) is 6.01 Å². The fourth-order valence-corrected chi connectivity index (χ4v) is 4.32. The minimum absolute atomic E-state index is 0.00374. The molecule has 1 amide bonds. The highest BCUT2D eigenvalue weighted by Gasteiger charge is 2.19. The summed E-state index contributed by atoms with van der Waals surface area (Å²) in [7, 11) is 1.76. The largest absolute Gasteiger partial charge is 0.458 e. The Kier molecular flexibility index (Phi) is 5.97. The summed E-state index contributed by atoms with van der Waals surface area (Å²) in [5.74, 6) is 1.71. The Hall–Kier alpha value is -3.82. The summed E-state index contributed by atoms with van der Waals surface area (Å²) in [6.07, 6.45) is 6.54. The minimum Gasteiger partial charge on any atom is -0.458 e. The number of rotatable bonds is 8. The molecule has 1 aromatic carbocycles. The lowest BCUT2D eigenvalue weighted by Gasteiger charge is -2.10. The van der Waals surface area contributed by atoms with E-state index in [1.54, 1.807) is 22.4 Å². The van der Waals surface area contributed by atoms with Crippen LogP contribution in [0.4, 0.5) is 5.82 Å². The molecule has 5 rings (SSSR count). The third kappa shape index (κ3) is 4.69. The van der Waals surface area contributed by atoms with Gasteiger partial charge in [0.2, 0.25) is 5.91 Å². The van der Waals surface area contributed by atoms with Crippen molar-refractivity contribution in [2.24, 2.45) is 13.0 Å². The number of hydrogen-bond donors (Lipinski definition) is 1. The molecule has 170 valence electrons.